The van der Waals surface area contributed by atoms with Crippen LogP contribution in [0.5, 0.6) is 5.75 Å². The van der Waals surface area contributed by atoms with E-state index in [1.165, 1.54) is 56.9 Å². The highest BCUT2D eigenvalue weighted by molar-refractivity contribution is 5.28. The van der Waals surface area contributed by atoms with E-state index in [-0.39, 0.29) is 12.2 Å². The molecule has 0 N–H and O–H groups in total. The van der Waals surface area contributed by atoms with Crippen molar-refractivity contribution in [3.8, 4) is 5.75 Å². The minimum absolute atomic E-state index is 0.0601. The van der Waals surface area contributed by atoms with Gasteiger partial charge in [-0.25, -0.2) is 0 Å². The minimum atomic E-state index is 0.0601. The summed E-state index contributed by atoms with van der Waals surface area (Å²) in [4.78, 5) is 0. The number of rotatable bonds is 13. The highest BCUT2D eigenvalue weighted by Crippen LogP contribution is 2.26. The van der Waals surface area contributed by atoms with Crippen LogP contribution >= 0.6 is 0 Å². The molecule has 1 heterocycles. The Morgan fingerprint density at radius 1 is 0.808 bits per heavy atom. The molecule has 0 aromatic heterocycles. The monoisotopic (exact) mass is 362 g/mol. The molecule has 0 bridgehead atoms. The third kappa shape index (κ3) is 8.09. The predicted octanol–water partition coefficient (Wildman–Crippen LogP) is 6.46. The standard InChI is InChI=1S/C23H38O3/c1-3-5-7-9-10-12-22-18-26-23(19-25-22)20-13-15-21(16-14-20)24-17-11-8-6-4-2/h13-16,22-23H,3-12,17-19H2,1-2H3/t22-,23-/m1/s1. The highest BCUT2D eigenvalue weighted by Gasteiger charge is 2.23. The summed E-state index contributed by atoms with van der Waals surface area (Å²) in [6, 6.07) is 8.33. The molecule has 1 aliphatic heterocycles. The first-order valence-corrected chi connectivity index (χ1v) is 10.8. The van der Waals surface area contributed by atoms with Gasteiger partial charge in [-0.3, -0.25) is 0 Å². The molecule has 0 spiro atoms. The van der Waals surface area contributed by atoms with Crippen LogP contribution in [0, 0.1) is 0 Å². The Hall–Kier alpha value is -1.06. The molecular formula is C23H38O3. The zero-order valence-electron chi connectivity index (χ0n) is 16.9. The van der Waals surface area contributed by atoms with Gasteiger partial charge in [0.2, 0.25) is 0 Å². The van der Waals surface area contributed by atoms with E-state index in [0.717, 1.165) is 25.2 Å². The summed E-state index contributed by atoms with van der Waals surface area (Å²) >= 11 is 0. The molecule has 0 radical (unpaired) electrons. The Kier molecular flexibility index (Phi) is 10.8. The van der Waals surface area contributed by atoms with Crippen LogP contribution in [0.1, 0.15) is 89.7 Å². The summed E-state index contributed by atoms with van der Waals surface area (Å²) in [5, 5.41) is 0. The van der Waals surface area contributed by atoms with Crippen LogP contribution in [0.25, 0.3) is 0 Å². The van der Waals surface area contributed by atoms with E-state index in [4.69, 9.17) is 14.2 Å². The van der Waals surface area contributed by atoms with Gasteiger partial charge in [-0.1, -0.05) is 77.3 Å². The minimum Gasteiger partial charge on any atom is -0.494 e. The Labute approximate surface area is 160 Å². The van der Waals surface area contributed by atoms with Crippen LogP contribution in [-0.2, 0) is 9.47 Å². The summed E-state index contributed by atoms with van der Waals surface area (Å²) in [7, 11) is 0. The molecule has 1 aliphatic rings. The largest absolute Gasteiger partial charge is 0.494 e. The molecule has 0 aliphatic carbocycles. The molecule has 0 amide bonds. The van der Waals surface area contributed by atoms with Crippen molar-refractivity contribution in [2.24, 2.45) is 0 Å². The van der Waals surface area contributed by atoms with Crippen LogP contribution in [0.3, 0.4) is 0 Å². The van der Waals surface area contributed by atoms with Gasteiger partial charge in [-0.15, -0.1) is 0 Å². The van der Waals surface area contributed by atoms with Gasteiger partial charge in [0.25, 0.3) is 0 Å². The van der Waals surface area contributed by atoms with Crippen LogP contribution < -0.4 is 4.74 Å². The molecule has 1 saturated heterocycles. The molecule has 1 fully saturated rings. The Bertz CT molecular complexity index is 449. The maximum atomic E-state index is 6.05. The normalized spacial score (nSPS) is 20.2. The third-order valence-electron chi connectivity index (χ3n) is 5.11. The van der Waals surface area contributed by atoms with Crippen LogP contribution in [-0.4, -0.2) is 25.9 Å². The average molecular weight is 363 g/mol. The van der Waals surface area contributed by atoms with Gasteiger partial charge in [0.05, 0.1) is 25.9 Å². The molecule has 3 heteroatoms. The smallest absolute Gasteiger partial charge is 0.119 e. The lowest BCUT2D eigenvalue weighted by Gasteiger charge is -2.30. The molecule has 3 nitrogen and oxygen atoms in total. The molecule has 26 heavy (non-hydrogen) atoms. The second-order valence-corrected chi connectivity index (χ2v) is 7.46. The molecule has 0 saturated carbocycles. The van der Waals surface area contributed by atoms with Crippen molar-refractivity contribution in [3.63, 3.8) is 0 Å². The van der Waals surface area contributed by atoms with Crippen molar-refractivity contribution in [2.45, 2.75) is 90.3 Å². The zero-order chi connectivity index (χ0) is 18.5. The summed E-state index contributed by atoms with van der Waals surface area (Å²) in [5.41, 5.74) is 1.18. The fourth-order valence-electron chi connectivity index (χ4n) is 3.38. The maximum Gasteiger partial charge on any atom is 0.119 e. The van der Waals surface area contributed by atoms with Crippen LogP contribution in [0.2, 0.25) is 0 Å². The fraction of sp³-hybridized carbons (Fsp3) is 0.739. The number of hydrogen-bond donors (Lipinski definition) is 0. The summed E-state index contributed by atoms with van der Waals surface area (Å²) in [6.45, 7) is 6.67. The van der Waals surface area contributed by atoms with Crippen molar-refractivity contribution in [1.82, 2.24) is 0 Å². The van der Waals surface area contributed by atoms with Gasteiger partial charge in [0.15, 0.2) is 0 Å². The second-order valence-electron chi connectivity index (χ2n) is 7.46. The van der Waals surface area contributed by atoms with E-state index in [0.29, 0.717) is 13.2 Å². The maximum absolute atomic E-state index is 6.05. The van der Waals surface area contributed by atoms with E-state index < -0.39 is 0 Å². The van der Waals surface area contributed by atoms with E-state index >= 15 is 0 Å². The lowest BCUT2D eigenvalue weighted by molar-refractivity contribution is -0.137. The lowest BCUT2D eigenvalue weighted by atomic mass is 10.1. The molecule has 148 valence electrons. The SMILES string of the molecule is CCCCCCC[C@@H]1CO[C@@H](c2ccc(OCCCCCC)cc2)CO1. The Morgan fingerprint density at radius 3 is 2.15 bits per heavy atom. The van der Waals surface area contributed by atoms with Crippen LogP contribution in [0.15, 0.2) is 24.3 Å². The van der Waals surface area contributed by atoms with Crippen molar-refractivity contribution < 1.29 is 14.2 Å². The molecule has 0 unspecified atom stereocenters. The molecular weight excluding hydrogens is 324 g/mol. The van der Waals surface area contributed by atoms with Gasteiger partial charge in [0.1, 0.15) is 11.9 Å². The van der Waals surface area contributed by atoms with Gasteiger partial charge in [0, 0.05) is 0 Å². The number of hydrogen-bond acceptors (Lipinski definition) is 3. The summed E-state index contributed by atoms with van der Waals surface area (Å²) < 4.78 is 17.9. The van der Waals surface area contributed by atoms with Gasteiger partial charge in [-0.2, -0.15) is 0 Å². The van der Waals surface area contributed by atoms with Gasteiger partial charge in [-0.05, 0) is 30.5 Å². The van der Waals surface area contributed by atoms with Gasteiger partial charge >= 0.3 is 0 Å². The van der Waals surface area contributed by atoms with E-state index in [2.05, 4.69) is 38.1 Å². The van der Waals surface area contributed by atoms with Crippen LogP contribution in [0.4, 0.5) is 0 Å². The highest BCUT2D eigenvalue weighted by atomic mass is 16.6. The third-order valence-corrected chi connectivity index (χ3v) is 5.11. The predicted molar refractivity (Wildman–Crippen MR) is 108 cm³/mol. The van der Waals surface area contributed by atoms with E-state index in [1.807, 2.05) is 0 Å². The van der Waals surface area contributed by atoms with Crippen molar-refractivity contribution in [2.75, 3.05) is 19.8 Å². The number of unbranched alkanes of at least 4 members (excludes halogenated alkanes) is 7. The number of benzene rings is 1. The molecule has 1 aromatic carbocycles. The molecule has 1 aromatic rings. The van der Waals surface area contributed by atoms with E-state index in [1.54, 1.807) is 0 Å². The second kappa shape index (κ2) is 13.2. The summed E-state index contributed by atoms with van der Waals surface area (Å²) in [5.74, 6) is 0.951. The summed E-state index contributed by atoms with van der Waals surface area (Å²) in [6.07, 6.45) is 13.0. The van der Waals surface area contributed by atoms with Gasteiger partial charge < -0.3 is 14.2 Å². The molecule has 2 atom stereocenters. The first kappa shape index (κ1) is 21.2. The average Bonchev–Trinajstić information content (AvgIpc) is 2.69. The molecule has 2 rings (SSSR count). The number of ether oxygens (including phenoxy) is 3. The quantitative estimate of drug-likeness (QED) is 0.377. The topological polar surface area (TPSA) is 27.7 Å². The Morgan fingerprint density at radius 2 is 1.50 bits per heavy atom. The fourth-order valence-corrected chi connectivity index (χ4v) is 3.38. The van der Waals surface area contributed by atoms with Crippen molar-refractivity contribution in [3.05, 3.63) is 29.8 Å². The first-order chi connectivity index (χ1) is 12.8. The van der Waals surface area contributed by atoms with Crippen molar-refractivity contribution >= 4 is 0 Å². The van der Waals surface area contributed by atoms with Crippen molar-refractivity contribution in [1.29, 1.82) is 0 Å². The lowest BCUT2D eigenvalue weighted by Crippen LogP contribution is -2.31. The Balaban J connectivity index is 1.62. The zero-order valence-corrected chi connectivity index (χ0v) is 16.9. The first-order valence-electron chi connectivity index (χ1n) is 10.8. The van der Waals surface area contributed by atoms with E-state index in [9.17, 15) is 0 Å².